The molecule has 2 N–H and O–H groups in total. The molecule has 1 rings (SSSR count). The molecule has 1 amide bonds. The Bertz CT molecular complexity index is 460. The summed E-state index contributed by atoms with van der Waals surface area (Å²) in [4.78, 5) is 19.0. The molecule has 0 aliphatic heterocycles. The van der Waals surface area contributed by atoms with E-state index in [0.717, 1.165) is 0 Å². The van der Waals surface area contributed by atoms with E-state index in [0.29, 0.717) is 25.2 Å². The van der Waals surface area contributed by atoms with Crippen LogP contribution in [0.2, 0.25) is 0 Å². The van der Waals surface area contributed by atoms with Gasteiger partial charge in [0.25, 0.3) is 0 Å². The smallest absolute Gasteiger partial charge is 0.407 e. The number of ether oxygens (including phenoxy) is 1. The van der Waals surface area contributed by atoms with Crippen LogP contribution in [0.3, 0.4) is 0 Å². The Labute approximate surface area is 118 Å². The summed E-state index contributed by atoms with van der Waals surface area (Å²) < 4.78 is 18.9. The lowest BCUT2D eigenvalue weighted by Crippen LogP contribution is -2.35. The van der Waals surface area contributed by atoms with E-state index >= 15 is 0 Å². The van der Waals surface area contributed by atoms with Gasteiger partial charge in [-0.2, -0.15) is 0 Å². The highest BCUT2D eigenvalue weighted by molar-refractivity contribution is 5.67. The fraction of sp³-hybridized carbons (Fsp3) is 0.615. The predicted molar refractivity (Wildman–Crippen MR) is 74.1 cm³/mol. The largest absolute Gasteiger partial charge is 0.444 e. The van der Waals surface area contributed by atoms with Gasteiger partial charge >= 0.3 is 6.09 Å². The lowest BCUT2D eigenvalue weighted by Gasteiger charge is -2.19. The molecule has 1 aromatic rings. The molecule has 7 heteroatoms. The van der Waals surface area contributed by atoms with Crippen LogP contribution in [0, 0.1) is 5.82 Å². The van der Waals surface area contributed by atoms with E-state index in [1.807, 2.05) is 6.92 Å². The minimum absolute atomic E-state index is 0.142. The topological polar surface area (TPSA) is 76.1 Å². The maximum Gasteiger partial charge on any atom is 0.407 e. The maximum absolute atomic E-state index is 13.8. The predicted octanol–water partition coefficient (Wildman–Crippen LogP) is 2.11. The molecule has 0 aliphatic carbocycles. The van der Waals surface area contributed by atoms with Gasteiger partial charge in [-0.25, -0.2) is 19.2 Å². The Morgan fingerprint density at radius 1 is 1.35 bits per heavy atom. The van der Waals surface area contributed by atoms with Crippen LogP contribution in [-0.2, 0) is 11.2 Å². The lowest BCUT2D eigenvalue weighted by atomic mass is 10.2. The summed E-state index contributed by atoms with van der Waals surface area (Å²) in [7, 11) is 0. The fourth-order valence-electron chi connectivity index (χ4n) is 1.44. The van der Waals surface area contributed by atoms with Gasteiger partial charge in [-0.05, 0) is 27.2 Å². The van der Waals surface area contributed by atoms with Crippen LogP contribution >= 0.6 is 0 Å². The molecule has 112 valence electrons. The van der Waals surface area contributed by atoms with Crippen LogP contribution in [-0.4, -0.2) is 34.8 Å². The van der Waals surface area contributed by atoms with Crippen molar-refractivity contribution in [3.05, 3.63) is 17.8 Å². The van der Waals surface area contributed by atoms with Crippen molar-refractivity contribution in [1.82, 2.24) is 15.3 Å². The molecule has 0 saturated heterocycles. The van der Waals surface area contributed by atoms with Crippen LogP contribution < -0.4 is 10.6 Å². The van der Waals surface area contributed by atoms with Crippen molar-refractivity contribution in [2.45, 2.75) is 39.7 Å². The quantitative estimate of drug-likeness (QED) is 0.810. The normalized spacial score (nSPS) is 11.1. The number of carbonyl (C=O) groups excluding carboxylic acids is 1. The second kappa shape index (κ2) is 7.02. The number of rotatable bonds is 5. The summed E-state index contributed by atoms with van der Waals surface area (Å²) in [5, 5.41) is 5.38. The van der Waals surface area contributed by atoms with Gasteiger partial charge in [0, 0.05) is 13.1 Å². The van der Waals surface area contributed by atoms with Gasteiger partial charge in [-0.15, -0.1) is 0 Å². The minimum atomic E-state index is -0.535. The summed E-state index contributed by atoms with van der Waals surface area (Å²) in [6.07, 6.45) is 1.31. The Hall–Kier alpha value is -1.92. The van der Waals surface area contributed by atoms with Crippen LogP contribution in [0.25, 0.3) is 0 Å². The summed E-state index contributed by atoms with van der Waals surface area (Å²) in [5.74, 6) is -0.310. The minimum Gasteiger partial charge on any atom is -0.444 e. The summed E-state index contributed by atoms with van der Waals surface area (Å²) >= 11 is 0. The molecule has 0 atom stereocenters. The van der Waals surface area contributed by atoms with Crippen molar-refractivity contribution in [1.29, 1.82) is 0 Å². The molecular weight excluding hydrogens is 263 g/mol. The van der Waals surface area contributed by atoms with E-state index in [4.69, 9.17) is 4.74 Å². The highest BCUT2D eigenvalue weighted by Crippen LogP contribution is 2.12. The number of hydrogen-bond acceptors (Lipinski definition) is 5. The number of hydrogen-bond donors (Lipinski definition) is 2. The Morgan fingerprint density at radius 3 is 2.65 bits per heavy atom. The van der Waals surface area contributed by atoms with Gasteiger partial charge < -0.3 is 15.4 Å². The first-order valence-electron chi connectivity index (χ1n) is 6.53. The van der Waals surface area contributed by atoms with Gasteiger partial charge in [0.05, 0.1) is 5.69 Å². The summed E-state index contributed by atoms with van der Waals surface area (Å²) in [5.41, 5.74) is -0.172. The van der Waals surface area contributed by atoms with Crippen molar-refractivity contribution >= 4 is 11.9 Å². The van der Waals surface area contributed by atoms with Crippen LogP contribution in [0.5, 0.6) is 0 Å². The number of alkyl carbamates (subject to hydrolysis) is 1. The van der Waals surface area contributed by atoms with E-state index < -0.39 is 17.5 Å². The van der Waals surface area contributed by atoms with Gasteiger partial charge in [-0.3, -0.25) is 0 Å². The zero-order chi connectivity index (χ0) is 15.2. The number of halogens is 1. The molecule has 0 unspecified atom stereocenters. The van der Waals surface area contributed by atoms with E-state index in [9.17, 15) is 9.18 Å². The number of carbonyl (C=O) groups is 1. The molecule has 0 bridgehead atoms. The summed E-state index contributed by atoms with van der Waals surface area (Å²) in [6, 6.07) is 0. The van der Waals surface area contributed by atoms with Crippen molar-refractivity contribution < 1.29 is 13.9 Å². The average Bonchev–Trinajstić information content (AvgIpc) is 2.34. The second-order valence-corrected chi connectivity index (χ2v) is 5.19. The molecular formula is C13H21FN4O2. The second-order valence-electron chi connectivity index (χ2n) is 5.19. The number of amides is 1. The van der Waals surface area contributed by atoms with Crippen LogP contribution in [0.15, 0.2) is 6.33 Å². The number of aromatic nitrogens is 2. The molecule has 20 heavy (non-hydrogen) atoms. The standard InChI is InChI=1S/C13H21FN4O2/c1-5-9-10(14)11(18-8-17-9)15-6-7-16-12(19)20-13(2,3)4/h8H,5-7H2,1-4H3,(H,16,19)(H,15,17,18). The maximum atomic E-state index is 13.8. The Balaban J connectivity index is 2.37. The fourth-order valence-corrected chi connectivity index (χ4v) is 1.44. The van der Waals surface area contributed by atoms with E-state index in [2.05, 4.69) is 20.6 Å². The van der Waals surface area contributed by atoms with Gasteiger partial charge in [0.15, 0.2) is 11.6 Å². The van der Waals surface area contributed by atoms with Crippen molar-refractivity contribution in [3.63, 3.8) is 0 Å². The highest BCUT2D eigenvalue weighted by Gasteiger charge is 2.15. The first-order chi connectivity index (χ1) is 9.33. The number of aryl methyl sites for hydroxylation is 1. The highest BCUT2D eigenvalue weighted by atomic mass is 19.1. The molecule has 6 nitrogen and oxygen atoms in total. The Morgan fingerprint density at radius 2 is 2.05 bits per heavy atom. The third-order valence-electron chi connectivity index (χ3n) is 2.28. The molecule has 1 aromatic heterocycles. The van der Waals surface area contributed by atoms with E-state index in [1.54, 1.807) is 20.8 Å². The summed E-state index contributed by atoms with van der Waals surface area (Å²) in [6.45, 7) is 7.82. The molecule has 0 fully saturated rings. The zero-order valence-electron chi connectivity index (χ0n) is 12.3. The van der Waals surface area contributed by atoms with Crippen molar-refractivity contribution in [3.8, 4) is 0 Å². The van der Waals surface area contributed by atoms with Crippen LogP contribution in [0.1, 0.15) is 33.4 Å². The lowest BCUT2D eigenvalue weighted by molar-refractivity contribution is 0.0530. The average molecular weight is 284 g/mol. The molecule has 0 saturated carbocycles. The van der Waals surface area contributed by atoms with Gasteiger partial charge in [-0.1, -0.05) is 6.92 Å². The van der Waals surface area contributed by atoms with Gasteiger partial charge in [0.2, 0.25) is 0 Å². The first-order valence-corrected chi connectivity index (χ1v) is 6.53. The van der Waals surface area contributed by atoms with Crippen molar-refractivity contribution in [2.24, 2.45) is 0 Å². The molecule has 1 heterocycles. The molecule has 0 radical (unpaired) electrons. The number of nitrogens with one attached hydrogen (secondary N) is 2. The molecule has 0 aromatic carbocycles. The van der Waals surface area contributed by atoms with E-state index in [1.165, 1.54) is 6.33 Å². The SMILES string of the molecule is CCc1ncnc(NCCNC(=O)OC(C)(C)C)c1F. The van der Waals surface area contributed by atoms with E-state index in [-0.39, 0.29) is 5.82 Å². The molecule has 0 spiro atoms. The third kappa shape index (κ3) is 5.38. The van der Waals surface area contributed by atoms with Crippen molar-refractivity contribution in [2.75, 3.05) is 18.4 Å². The third-order valence-corrected chi connectivity index (χ3v) is 2.28. The number of anilines is 1. The first kappa shape index (κ1) is 16.1. The van der Waals surface area contributed by atoms with Gasteiger partial charge in [0.1, 0.15) is 11.9 Å². The van der Waals surface area contributed by atoms with Crippen LogP contribution in [0.4, 0.5) is 15.0 Å². The monoisotopic (exact) mass is 284 g/mol. The zero-order valence-corrected chi connectivity index (χ0v) is 12.3. The Kier molecular flexibility index (Phi) is 5.66. The molecule has 0 aliphatic rings. The number of nitrogens with zero attached hydrogens (tertiary/aromatic N) is 2.